The Labute approximate surface area is 199 Å². The molecule has 1 N–H and O–H groups in total. The Morgan fingerprint density at radius 2 is 1.64 bits per heavy atom. The topological polar surface area (TPSA) is 66.5 Å². The fourth-order valence-corrected chi connectivity index (χ4v) is 7.09. The molecule has 1 aromatic heterocycles. The molecule has 0 spiro atoms. The molecule has 2 unspecified atom stereocenters. The van der Waals surface area contributed by atoms with Gasteiger partial charge in [-0.05, 0) is 63.0 Å². The lowest BCUT2D eigenvalue weighted by Crippen LogP contribution is -2.40. The van der Waals surface area contributed by atoms with Gasteiger partial charge in [-0.1, -0.05) is 36.8 Å². The van der Waals surface area contributed by atoms with E-state index >= 15 is 0 Å². The van der Waals surface area contributed by atoms with Gasteiger partial charge in [-0.3, -0.25) is 14.4 Å². The van der Waals surface area contributed by atoms with E-state index in [0.29, 0.717) is 29.2 Å². The number of benzene rings is 1. The maximum absolute atomic E-state index is 13.6. The molecule has 2 atom stereocenters. The molecule has 2 amide bonds. The van der Waals surface area contributed by atoms with E-state index in [1.165, 1.54) is 11.3 Å². The van der Waals surface area contributed by atoms with E-state index < -0.39 is 0 Å². The second-order valence-corrected chi connectivity index (χ2v) is 10.9. The standard InChI is InChI=1S/C27H32N2O3S/c1-17-22(27(32)29-13-6-3-7-14-29)26(33-24(17)18-9-4-2-5-10-18)28-25(31)21-15-19-11-8-12-20(16-21)23(19)30/h2,4-5,9-10,19-21H,3,6-8,11-16H2,1H3,(H,28,31). The molecule has 174 valence electrons. The van der Waals surface area contributed by atoms with Crippen LogP contribution in [0, 0.1) is 24.7 Å². The van der Waals surface area contributed by atoms with Gasteiger partial charge in [0.25, 0.3) is 5.91 Å². The molecule has 2 aliphatic carbocycles. The number of fused-ring (bicyclic) bond motifs is 2. The van der Waals surface area contributed by atoms with Crippen molar-refractivity contribution in [1.82, 2.24) is 4.90 Å². The summed E-state index contributed by atoms with van der Waals surface area (Å²) < 4.78 is 0. The van der Waals surface area contributed by atoms with E-state index in [-0.39, 0.29) is 29.6 Å². The summed E-state index contributed by atoms with van der Waals surface area (Å²) in [6.07, 6.45) is 7.42. The van der Waals surface area contributed by atoms with Crippen LogP contribution in [-0.2, 0) is 9.59 Å². The second kappa shape index (κ2) is 9.41. The van der Waals surface area contributed by atoms with Crippen molar-refractivity contribution in [3.63, 3.8) is 0 Å². The first-order chi connectivity index (χ1) is 16.0. The Morgan fingerprint density at radius 3 is 2.30 bits per heavy atom. The summed E-state index contributed by atoms with van der Waals surface area (Å²) in [7, 11) is 0. The molecule has 1 aromatic carbocycles. The van der Waals surface area contributed by atoms with E-state index in [2.05, 4.69) is 5.32 Å². The molecule has 2 heterocycles. The normalized spacial score (nSPS) is 25.1. The number of anilines is 1. The van der Waals surface area contributed by atoms with Gasteiger partial charge in [-0.2, -0.15) is 0 Å². The molecule has 2 saturated carbocycles. The predicted molar refractivity (Wildman–Crippen MR) is 131 cm³/mol. The van der Waals surface area contributed by atoms with Crippen LogP contribution in [0.25, 0.3) is 10.4 Å². The van der Waals surface area contributed by atoms with Gasteiger partial charge in [0.15, 0.2) is 0 Å². The van der Waals surface area contributed by atoms with Crippen molar-refractivity contribution in [3.05, 3.63) is 41.5 Å². The molecule has 1 saturated heterocycles. The lowest BCUT2D eigenvalue weighted by Gasteiger charge is -2.36. The van der Waals surface area contributed by atoms with Crippen molar-refractivity contribution in [2.45, 2.75) is 58.3 Å². The third-order valence-electron chi connectivity index (χ3n) is 7.70. The van der Waals surface area contributed by atoms with Crippen LogP contribution in [0.5, 0.6) is 0 Å². The summed E-state index contributed by atoms with van der Waals surface area (Å²) in [5.74, 6) is 0.271. The van der Waals surface area contributed by atoms with E-state index in [1.54, 1.807) is 0 Å². The minimum atomic E-state index is -0.154. The van der Waals surface area contributed by atoms with Gasteiger partial charge >= 0.3 is 0 Å². The number of Topliss-reactive ketones (excluding diaryl/α,β-unsaturated/α-hetero) is 1. The average molecular weight is 465 g/mol. The summed E-state index contributed by atoms with van der Waals surface area (Å²) >= 11 is 1.50. The van der Waals surface area contributed by atoms with Gasteiger partial charge in [0.1, 0.15) is 10.8 Å². The molecule has 3 fully saturated rings. The first kappa shape index (κ1) is 22.3. The summed E-state index contributed by atoms with van der Waals surface area (Å²) in [4.78, 5) is 42.4. The number of carbonyl (C=O) groups is 3. The Kier molecular flexibility index (Phi) is 6.37. The van der Waals surface area contributed by atoms with Crippen molar-refractivity contribution in [3.8, 4) is 10.4 Å². The fraction of sp³-hybridized carbons (Fsp3) is 0.519. The first-order valence-corrected chi connectivity index (χ1v) is 13.2. The number of amides is 2. The van der Waals surface area contributed by atoms with Crippen LogP contribution in [0.4, 0.5) is 5.00 Å². The van der Waals surface area contributed by atoms with Crippen LogP contribution < -0.4 is 5.32 Å². The number of rotatable bonds is 4. The van der Waals surface area contributed by atoms with Crippen molar-refractivity contribution in [1.29, 1.82) is 0 Å². The molecule has 5 nitrogen and oxygen atoms in total. The van der Waals surface area contributed by atoms with E-state index in [9.17, 15) is 14.4 Å². The van der Waals surface area contributed by atoms with Gasteiger partial charge < -0.3 is 10.2 Å². The van der Waals surface area contributed by atoms with E-state index in [4.69, 9.17) is 0 Å². The number of thiophene rings is 1. The number of piperidine rings is 1. The van der Waals surface area contributed by atoms with Crippen LogP contribution >= 0.6 is 11.3 Å². The van der Waals surface area contributed by atoms with Gasteiger partial charge in [-0.25, -0.2) is 0 Å². The number of ketones is 1. The molecular formula is C27H32N2O3S. The number of likely N-dealkylation sites (tertiary alicyclic amines) is 1. The van der Waals surface area contributed by atoms with Gasteiger partial charge in [0.2, 0.25) is 5.91 Å². The Bertz CT molecular complexity index is 1040. The number of carbonyl (C=O) groups excluding carboxylic acids is 3. The number of nitrogens with one attached hydrogen (secondary N) is 1. The molecule has 2 bridgehead atoms. The molecule has 3 aliphatic rings. The smallest absolute Gasteiger partial charge is 0.257 e. The highest BCUT2D eigenvalue weighted by Crippen LogP contribution is 2.43. The zero-order chi connectivity index (χ0) is 22.9. The molecule has 0 radical (unpaired) electrons. The molecule has 6 heteroatoms. The van der Waals surface area contributed by atoms with Crippen molar-refractivity contribution in [2.24, 2.45) is 17.8 Å². The van der Waals surface area contributed by atoms with Gasteiger partial charge in [0.05, 0.1) is 5.56 Å². The van der Waals surface area contributed by atoms with Crippen LogP contribution in [0.3, 0.4) is 0 Å². The Balaban J connectivity index is 1.44. The molecule has 2 aromatic rings. The number of hydrogen-bond acceptors (Lipinski definition) is 4. The van der Waals surface area contributed by atoms with Gasteiger partial charge in [-0.15, -0.1) is 11.3 Å². The molecule has 5 rings (SSSR count). The summed E-state index contributed by atoms with van der Waals surface area (Å²) in [6.45, 7) is 3.54. The zero-order valence-electron chi connectivity index (χ0n) is 19.3. The summed E-state index contributed by atoms with van der Waals surface area (Å²) in [5, 5.41) is 3.82. The average Bonchev–Trinajstić information content (AvgIpc) is 3.15. The lowest BCUT2D eigenvalue weighted by molar-refractivity contribution is -0.136. The molecular weight excluding hydrogens is 432 g/mol. The maximum Gasteiger partial charge on any atom is 0.257 e. The maximum atomic E-state index is 13.6. The van der Waals surface area contributed by atoms with Crippen molar-refractivity contribution < 1.29 is 14.4 Å². The van der Waals surface area contributed by atoms with Crippen molar-refractivity contribution >= 4 is 33.9 Å². The monoisotopic (exact) mass is 464 g/mol. The molecule has 1 aliphatic heterocycles. The minimum Gasteiger partial charge on any atom is -0.339 e. The Hall–Kier alpha value is -2.47. The highest BCUT2D eigenvalue weighted by molar-refractivity contribution is 7.20. The predicted octanol–water partition coefficient (Wildman–Crippen LogP) is 5.68. The summed E-state index contributed by atoms with van der Waals surface area (Å²) in [6, 6.07) is 10.1. The van der Waals surface area contributed by atoms with Crippen LogP contribution in [0.1, 0.15) is 67.3 Å². The second-order valence-electron chi connectivity index (χ2n) is 9.86. The summed E-state index contributed by atoms with van der Waals surface area (Å²) in [5.41, 5.74) is 2.64. The van der Waals surface area contributed by atoms with E-state index in [0.717, 1.165) is 67.6 Å². The fourth-order valence-electron chi connectivity index (χ4n) is 5.89. The highest BCUT2D eigenvalue weighted by Gasteiger charge is 2.41. The van der Waals surface area contributed by atoms with Crippen LogP contribution in [0.15, 0.2) is 30.3 Å². The third-order valence-corrected chi connectivity index (χ3v) is 8.95. The SMILES string of the molecule is Cc1c(-c2ccccc2)sc(NC(=O)C2CC3CCCC(C2)C3=O)c1C(=O)N1CCCCC1. The Morgan fingerprint density at radius 1 is 0.970 bits per heavy atom. The van der Waals surface area contributed by atoms with Crippen LogP contribution in [-0.4, -0.2) is 35.6 Å². The molecule has 33 heavy (non-hydrogen) atoms. The first-order valence-electron chi connectivity index (χ1n) is 12.4. The highest BCUT2D eigenvalue weighted by atomic mass is 32.1. The van der Waals surface area contributed by atoms with E-state index in [1.807, 2.05) is 42.2 Å². The minimum absolute atomic E-state index is 0.0247. The quantitative estimate of drug-likeness (QED) is 0.633. The number of nitrogens with zero attached hydrogens (tertiary/aromatic N) is 1. The zero-order valence-corrected chi connectivity index (χ0v) is 20.1. The lowest BCUT2D eigenvalue weighted by atomic mass is 9.67. The van der Waals surface area contributed by atoms with Crippen molar-refractivity contribution in [2.75, 3.05) is 18.4 Å². The number of hydrogen-bond donors (Lipinski definition) is 1. The third kappa shape index (κ3) is 4.37. The largest absolute Gasteiger partial charge is 0.339 e. The van der Waals surface area contributed by atoms with Crippen LogP contribution in [0.2, 0.25) is 0 Å². The van der Waals surface area contributed by atoms with Gasteiger partial charge in [0, 0.05) is 35.7 Å².